The van der Waals surface area contributed by atoms with Crippen molar-refractivity contribution in [1.82, 2.24) is 19.4 Å². The highest BCUT2D eigenvalue weighted by atomic mass is 19.1. The van der Waals surface area contributed by atoms with Crippen molar-refractivity contribution < 1.29 is 28.2 Å². The third kappa shape index (κ3) is 6.28. The third-order valence-electron chi connectivity index (χ3n) is 8.23. The van der Waals surface area contributed by atoms with Crippen LogP contribution in [0.1, 0.15) is 52.6 Å². The van der Waals surface area contributed by atoms with Gasteiger partial charge >= 0.3 is 5.97 Å². The van der Waals surface area contributed by atoms with Gasteiger partial charge in [0.25, 0.3) is 0 Å². The average Bonchev–Trinajstić information content (AvgIpc) is 3.66. The van der Waals surface area contributed by atoms with Gasteiger partial charge in [-0.3, -0.25) is 4.79 Å². The Labute approximate surface area is 263 Å². The van der Waals surface area contributed by atoms with Gasteiger partial charge in [0.2, 0.25) is 11.8 Å². The van der Waals surface area contributed by atoms with E-state index in [4.69, 9.17) is 15.0 Å². The third-order valence-corrected chi connectivity index (χ3v) is 8.23. The number of hydrogen-bond donors (Lipinski definition) is 1. The number of carbonyl (C=O) groups is 2. The number of carboxylic acids is 1. The van der Waals surface area contributed by atoms with Crippen molar-refractivity contribution in [2.75, 3.05) is 6.54 Å². The zero-order chi connectivity index (χ0) is 32.4. The molecular formula is C35H29F2N5O4. The normalized spacial score (nSPS) is 14.4. The van der Waals surface area contributed by atoms with Crippen LogP contribution in [0.2, 0.25) is 0 Å². The summed E-state index contributed by atoms with van der Waals surface area (Å²) < 4.78 is 37.5. The second-order valence-electron chi connectivity index (χ2n) is 11.2. The van der Waals surface area contributed by atoms with Crippen LogP contribution in [0, 0.1) is 23.0 Å². The molecule has 0 unspecified atom stereocenters. The molecule has 1 aliphatic rings. The zero-order valence-corrected chi connectivity index (χ0v) is 24.9. The molecule has 1 atom stereocenters. The monoisotopic (exact) mass is 621 g/mol. The topological polar surface area (TPSA) is 121 Å². The number of benzene rings is 3. The number of fused-ring (bicyclic) bond motifs is 1. The molecule has 1 aliphatic heterocycles. The summed E-state index contributed by atoms with van der Waals surface area (Å²) in [5.41, 5.74) is 3.17. The van der Waals surface area contributed by atoms with Gasteiger partial charge < -0.3 is 19.3 Å². The highest BCUT2D eigenvalue weighted by Gasteiger charge is 2.28. The summed E-state index contributed by atoms with van der Waals surface area (Å²) in [7, 11) is 0. The molecular weight excluding hydrogens is 592 g/mol. The number of hydrogen-bond acceptors (Lipinski definition) is 6. The minimum atomic E-state index is -1.06. The van der Waals surface area contributed by atoms with Crippen LogP contribution >= 0.6 is 0 Å². The fourth-order valence-corrected chi connectivity index (χ4v) is 5.86. The highest BCUT2D eigenvalue weighted by molar-refractivity contribution is 5.92. The van der Waals surface area contributed by atoms with Gasteiger partial charge in [-0.1, -0.05) is 24.3 Å². The van der Waals surface area contributed by atoms with E-state index in [-0.39, 0.29) is 47.5 Å². The SMILES string of the molecule is CC(=O)N1CCC[C@@H]1Cn1c(Cc2ccc(-c3cccc(OCc4ccc(C#N)cc4F)n3)cc2F)nc2ccc(C(=O)O)cc21. The minimum absolute atomic E-state index is 0.0224. The lowest BCUT2D eigenvalue weighted by molar-refractivity contribution is -0.129. The Kier molecular flexibility index (Phi) is 8.44. The first-order valence-corrected chi connectivity index (χ1v) is 14.8. The van der Waals surface area contributed by atoms with E-state index < -0.39 is 17.6 Å². The first-order chi connectivity index (χ1) is 22.2. The Morgan fingerprint density at radius 2 is 1.83 bits per heavy atom. The predicted octanol–water partition coefficient (Wildman–Crippen LogP) is 6.13. The molecule has 0 bridgehead atoms. The Morgan fingerprint density at radius 1 is 1.02 bits per heavy atom. The number of ether oxygens (including phenoxy) is 1. The lowest BCUT2D eigenvalue weighted by Gasteiger charge is -2.25. The van der Waals surface area contributed by atoms with Gasteiger partial charge in [0.1, 0.15) is 24.1 Å². The Balaban J connectivity index is 1.25. The molecule has 1 fully saturated rings. The maximum absolute atomic E-state index is 15.6. The van der Waals surface area contributed by atoms with Gasteiger partial charge in [0, 0.05) is 49.7 Å². The molecule has 3 heterocycles. The molecule has 11 heteroatoms. The van der Waals surface area contributed by atoms with Gasteiger partial charge in [-0.05, 0) is 60.9 Å². The predicted molar refractivity (Wildman–Crippen MR) is 165 cm³/mol. The van der Waals surface area contributed by atoms with Crippen LogP contribution in [0.3, 0.4) is 0 Å². The van der Waals surface area contributed by atoms with E-state index in [1.807, 2.05) is 15.5 Å². The number of nitriles is 1. The molecule has 0 aliphatic carbocycles. The number of aromatic nitrogens is 3. The highest BCUT2D eigenvalue weighted by Crippen LogP contribution is 2.28. The number of carbonyl (C=O) groups excluding carboxylic acids is 1. The molecule has 9 nitrogen and oxygen atoms in total. The summed E-state index contributed by atoms with van der Waals surface area (Å²) >= 11 is 0. The first kappa shape index (κ1) is 30.4. The summed E-state index contributed by atoms with van der Waals surface area (Å²) in [6, 6.07) is 20.5. The van der Waals surface area contributed by atoms with Crippen LogP contribution in [0.4, 0.5) is 8.78 Å². The van der Waals surface area contributed by atoms with Crippen molar-refractivity contribution in [2.24, 2.45) is 0 Å². The van der Waals surface area contributed by atoms with Crippen LogP contribution in [-0.2, 0) is 24.4 Å². The van der Waals surface area contributed by atoms with Gasteiger partial charge in [-0.15, -0.1) is 0 Å². The number of carboxylic acid groups (broad SMARTS) is 1. The molecule has 2 aromatic heterocycles. The lowest BCUT2D eigenvalue weighted by atomic mass is 10.1. The number of nitrogens with zero attached hydrogens (tertiary/aromatic N) is 5. The van der Waals surface area contributed by atoms with E-state index in [1.54, 1.807) is 42.5 Å². The molecule has 5 aromatic rings. The van der Waals surface area contributed by atoms with Gasteiger partial charge in [0.05, 0.1) is 33.9 Å². The summed E-state index contributed by atoms with van der Waals surface area (Å²) in [6.07, 6.45) is 1.82. The van der Waals surface area contributed by atoms with Crippen LogP contribution in [-0.4, -0.2) is 49.0 Å². The largest absolute Gasteiger partial charge is 0.478 e. The maximum atomic E-state index is 15.6. The standard InChI is InChI=1S/C35H29F2N5O4/c1-21(43)41-13-3-4-27(41)19-42-32-16-25(35(44)45)11-12-31(32)39-33(42)17-23-9-10-24(15-29(23)37)30-5-2-6-34(40-30)46-20-26-8-7-22(18-38)14-28(26)36/h2,5-12,14-16,27H,3-4,13,17,19-20H2,1H3,(H,44,45)/t27-/m1/s1. The molecule has 46 heavy (non-hydrogen) atoms. The number of amides is 1. The number of pyridine rings is 1. The number of aromatic carboxylic acids is 1. The smallest absolute Gasteiger partial charge is 0.335 e. The van der Waals surface area contributed by atoms with Crippen molar-refractivity contribution >= 4 is 22.9 Å². The molecule has 1 amide bonds. The van der Waals surface area contributed by atoms with Crippen molar-refractivity contribution in [3.05, 3.63) is 113 Å². The zero-order valence-electron chi connectivity index (χ0n) is 24.9. The Hall–Kier alpha value is -5.63. The quantitative estimate of drug-likeness (QED) is 0.210. The van der Waals surface area contributed by atoms with E-state index >= 15 is 4.39 Å². The van der Waals surface area contributed by atoms with E-state index in [2.05, 4.69) is 4.98 Å². The fourth-order valence-electron chi connectivity index (χ4n) is 5.86. The Bertz CT molecular complexity index is 2020. The fraction of sp³-hybridized carbons (Fsp3) is 0.229. The molecule has 0 saturated carbocycles. The number of halogens is 2. The van der Waals surface area contributed by atoms with Gasteiger partial charge in [0.15, 0.2) is 0 Å². The molecule has 0 spiro atoms. The molecule has 1 saturated heterocycles. The van der Waals surface area contributed by atoms with Crippen molar-refractivity contribution in [3.8, 4) is 23.2 Å². The first-order valence-electron chi connectivity index (χ1n) is 14.8. The van der Waals surface area contributed by atoms with E-state index in [1.165, 1.54) is 31.2 Å². The van der Waals surface area contributed by atoms with Crippen LogP contribution in [0.25, 0.3) is 22.3 Å². The second kappa shape index (κ2) is 12.8. The minimum Gasteiger partial charge on any atom is -0.478 e. The van der Waals surface area contributed by atoms with Crippen LogP contribution < -0.4 is 4.74 Å². The van der Waals surface area contributed by atoms with Gasteiger partial charge in [-0.2, -0.15) is 5.26 Å². The van der Waals surface area contributed by atoms with Crippen LogP contribution in [0.15, 0.2) is 72.8 Å². The molecule has 232 valence electrons. The summed E-state index contributed by atoms with van der Waals surface area (Å²) in [5.74, 6) is -1.32. The molecule has 3 aromatic carbocycles. The van der Waals surface area contributed by atoms with E-state index in [0.717, 1.165) is 18.9 Å². The maximum Gasteiger partial charge on any atom is 0.335 e. The Morgan fingerprint density at radius 3 is 2.57 bits per heavy atom. The number of likely N-dealkylation sites (tertiary alicyclic amines) is 1. The summed E-state index contributed by atoms with van der Waals surface area (Å²) in [5, 5.41) is 18.5. The lowest BCUT2D eigenvalue weighted by Crippen LogP contribution is -2.36. The molecule has 0 radical (unpaired) electrons. The van der Waals surface area contributed by atoms with Crippen molar-refractivity contribution in [3.63, 3.8) is 0 Å². The summed E-state index contributed by atoms with van der Waals surface area (Å²) in [6.45, 7) is 2.51. The average molecular weight is 622 g/mol. The van der Waals surface area contributed by atoms with Crippen molar-refractivity contribution in [1.29, 1.82) is 5.26 Å². The number of imidazole rings is 1. The number of rotatable bonds is 9. The second-order valence-corrected chi connectivity index (χ2v) is 11.2. The summed E-state index contributed by atoms with van der Waals surface area (Å²) in [4.78, 5) is 35.0. The molecule has 6 rings (SSSR count). The van der Waals surface area contributed by atoms with Crippen molar-refractivity contribution in [2.45, 2.75) is 45.4 Å². The van der Waals surface area contributed by atoms with E-state index in [9.17, 15) is 19.1 Å². The van der Waals surface area contributed by atoms with Crippen LogP contribution in [0.5, 0.6) is 5.88 Å². The van der Waals surface area contributed by atoms with Gasteiger partial charge in [-0.25, -0.2) is 23.5 Å². The van der Waals surface area contributed by atoms with E-state index in [0.29, 0.717) is 46.8 Å². The molecule has 1 N–H and O–H groups in total.